The van der Waals surface area contributed by atoms with E-state index in [0.29, 0.717) is 55.4 Å². The van der Waals surface area contributed by atoms with Gasteiger partial charge in [0.2, 0.25) is 0 Å². The van der Waals surface area contributed by atoms with Crippen molar-refractivity contribution >= 4 is 34.5 Å². The first-order valence-electron chi connectivity index (χ1n) is 11.5. The first-order valence-corrected chi connectivity index (χ1v) is 11.9. The number of nitrogens with two attached hydrogens (primary N) is 1. The highest BCUT2D eigenvalue weighted by molar-refractivity contribution is 6.35. The molecule has 0 saturated carbocycles. The molecule has 0 radical (unpaired) electrons. The van der Waals surface area contributed by atoms with E-state index in [-0.39, 0.29) is 12.0 Å². The van der Waals surface area contributed by atoms with Crippen molar-refractivity contribution in [3.8, 4) is 11.3 Å². The van der Waals surface area contributed by atoms with Gasteiger partial charge in [0.1, 0.15) is 0 Å². The third-order valence-electron chi connectivity index (χ3n) is 6.12. The molecule has 4 rings (SSSR count). The Bertz CT molecular complexity index is 1220. The number of pyridine rings is 1. The number of nitrogens with zero attached hydrogens (tertiary/aromatic N) is 3. The predicted octanol–water partition coefficient (Wildman–Crippen LogP) is 4.63. The van der Waals surface area contributed by atoms with E-state index in [9.17, 15) is 9.59 Å². The number of benzene rings is 2. The highest BCUT2D eigenvalue weighted by atomic mass is 35.5. The molecular weight excluding hydrogens is 452 g/mol. The Morgan fingerprint density at radius 2 is 1.79 bits per heavy atom. The summed E-state index contributed by atoms with van der Waals surface area (Å²) in [5.74, 6) is -0.0880. The average Bonchev–Trinajstić information content (AvgIpc) is 2.86. The molecule has 0 unspecified atom stereocenters. The van der Waals surface area contributed by atoms with Crippen LogP contribution in [0, 0.1) is 6.92 Å². The first kappa shape index (κ1) is 24.0. The summed E-state index contributed by atoms with van der Waals surface area (Å²) in [6.07, 6.45) is 0.464. The zero-order valence-electron chi connectivity index (χ0n) is 19.5. The van der Waals surface area contributed by atoms with E-state index >= 15 is 0 Å². The Morgan fingerprint density at radius 3 is 2.47 bits per heavy atom. The SMILES string of the molecule is CCCOC(=O)N1CCN(C(=O)c2ccc3c(Cl)cc(-c4ccc(CN)c(C)c4)nc3c2)CC1. The Morgan fingerprint density at radius 1 is 1.06 bits per heavy atom. The summed E-state index contributed by atoms with van der Waals surface area (Å²) in [5.41, 5.74) is 10.9. The number of aromatic nitrogens is 1. The first-order chi connectivity index (χ1) is 16.4. The zero-order chi connectivity index (χ0) is 24.2. The standard InChI is InChI=1S/C26H29ClN4O3/c1-3-12-34-26(33)31-10-8-30(9-11-31)25(32)19-6-7-21-22(27)15-23(29-24(21)14-19)18-4-5-20(16-28)17(2)13-18/h4-7,13-15H,3,8-12,16,28H2,1-2H3. The van der Waals surface area contributed by atoms with E-state index in [2.05, 4.69) is 0 Å². The van der Waals surface area contributed by atoms with Crippen molar-refractivity contribution in [1.82, 2.24) is 14.8 Å². The second kappa shape index (κ2) is 10.4. The van der Waals surface area contributed by atoms with Gasteiger partial charge in [-0.3, -0.25) is 4.79 Å². The summed E-state index contributed by atoms with van der Waals surface area (Å²) in [6.45, 7) is 6.69. The maximum atomic E-state index is 13.2. The summed E-state index contributed by atoms with van der Waals surface area (Å²) in [5, 5.41) is 1.37. The lowest BCUT2D eigenvalue weighted by atomic mass is 10.0. The Kier molecular flexibility index (Phi) is 7.34. The molecule has 1 aliphatic heterocycles. The lowest BCUT2D eigenvalue weighted by Gasteiger charge is -2.34. The fourth-order valence-electron chi connectivity index (χ4n) is 4.11. The molecule has 0 spiro atoms. The highest BCUT2D eigenvalue weighted by Crippen LogP contribution is 2.30. The topological polar surface area (TPSA) is 88.8 Å². The minimum absolute atomic E-state index is 0.0880. The number of hydrogen-bond acceptors (Lipinski definition) is 5. The quantitative estimate of drug-likeness (QED) is 0.575. The van der Waals surface area contributed by atoms with Gasteiger partial charge in [0.05, 0.1) is 22.8 Å². The Labute approximate surface area is 204 Å². The number of rotatable bonds is 5. The fourth-order valence-corrected chi connectivity index (χ4v) is 4.37. The molecule has 3 aromatic rings. The minimum Gasteiger partial charge on any atom is -0.449 e. The average molecular weight is 481 g/mol. The van der Waals surface area contributed by atoms with Crippen molar-refractivity contribution in [2.24, 2.45) is 5.73 Å². The van der Waals surface area contributed by atoms with Crippen LogP contribution in [0.1, 0.15) is 34.8 Å². The van der Waals surface area contributed by atoms with Gasteiger partial charge < -0.3 is 20.3 Å². The van der Waals surface area contributed by atoms with Gasteiger partial charge in [-0.1, -0.05) is 36.7 Å². The number of carbonyl (C=O) groups is 2. The molecule has 178 valence electrons. The smallest absolute Gasteiger partial charge is 0.409 e. The third-order valence-corrected chi connectivity index (χ3v) is 6.43. The van der Waals surface area contributed by atoms with Crippen molar-refractivity contribution in [2.45, 2.75) is 26.8 Å². The zero-order valence-corrected chi connectivity index (χ0v) is 20.3. The number of hydrogen-bond donors (Lipinski definition) is 1. The van der Waals surface area contributed by atoms with Crippen LogP contribution in [0.3, 0.4) is 0 Å². The molecule has 7 nitrogen and oxygen atoms in total. The number of halogens is 1. The Balaban J connectivity index is 1.54. The van der Waals surface area contributed by atoms with Crippen LogP contribution in [-0.2, 0) is 11.3 Å². The lowest BCUT2D eigenvalue weighted by molar-refractivity contribution is 0.0560. The fraction of sp³-hybridized carbons (Fsp3) is 0.346. The van der Waals surface area contributed by atoms with Crippen LogP contribution in [0.2, 0.25) is 5.02 Å². The molecule has 1 aliphatic rings. The van der Waals surface area contributed by atoms with Gasteiger partial charge in [0.25, 0.3) is 5.91 Å². The van der Waals surface area contributed by atoms with Crippen LogP contribution in [0.25, 0.3) is 22.2 Å². The lowest BCUT2D eigenvalue weighted by Crippen LogP contribution is -2.50. The van der Waals surface area contributed by atoms with Gasteiger partial charge >= 0.3 is 6.09 Å². The number of amides is 2. The summed E-state index contributed by atoms with van der Waals surface area (Å²) >= 11 is 6.57. The van der Waals surface area contributed by atoms with E-state index in [1.807, 2.05) is 44.2 Å². The number of aryl methyl sites for hydroxylation is 1. The molecule has 2 aromatic carbocycles. The molecule has 2 heterocycles. The van der Waals surface area contributed by atoms with Gasteiger partial charge in [-0.15, -0.1) is 0 Å². The molecular formula is C26H29ClN4O3. The van der Waals surface area contributed by atoms with Gasteiger partial charge in [-0.05, 0) is 48.7 Å². The van der Waals surface area contributed by atoms with E-state index in [4.69, 9.17) is 27.1 Å². The minimum atomic E-state index is -0.319. The van der Waals surface area contributed by atoms with Crippen LogP contribution >= 0.6 is 11.6 Å². The van der Waals surface area contributed by atoms with Gasteiger partial charge in [-0.2, -0.15) is 0 Å². The molecule has 1 fully saturated rings. The number of ether oxygens (including phenoxy) is 1. The van der Waals surface area contributed by atoms with Crippen LogP contribution in [0.5, 0.6) is 0 Å². The summed E-state index contributed by atoms with van der Waals surface area (Å²) in [6, 6.07) is 13.3. The van der Waals surface area contributed by atoms with E-state index < -0.39 is 0 Å². The largest absolute Gasteiger partial charge is 0.449 e. The predicted molar refractivity (Wildman–Crippen MR) is 134 cm³/mol. The normalized spacial score (nSPS) is 13.9. The van der Waals surface area contributed by atoms with Crippen LogP contribution < -0.4 is 5.73 Å². The molecule has 2 amide bonds. The Hall–Kier alpha value is -3.16. The molecule has 2 N–H and O–H groups in total. The van der Waals surface area contributed by atoms with Crippen LogP contribution in [-0.4, -0.2) is 59.6 Å². The van der Waals surface area contributed by atoms with Crippen molar-refractivity contribution in [1.29, 1.82) is 0 Å². The van der Waals surface area contributed by atoms with Crippen molar-refractivity contribution < 1.29 is 14.3 Å². The monoisotopic (exact) mass is 480 g/mol. The summed E-state index contributed by atoms with van der Waals surface area (Å²) < 4.78 is 5.19. The molecule has 34 heavy (non-hydrogen) atoms. The molecule has 0 bridgehead atoms. The maximum Gasteiger partial charge on any atom is 0.409 e. The molecule has 0 atom stereocenters. The molecule has 1 saturated heterocycles. The summed E-state index contributed by atoms with van der Waals surface area (Å²) in [4.78, 5) is 33.4. The van der Waals surface area contributed by atoms with Crippen molar-refractivity contribution in [2.75, 3.05) is 32.8 Å². The number of carbonyl (C=O) groups excluding carboxylic acids is 2. The molecule has 8 heteroatoms. The number of piperazine rings is 1. The van der Waals surface area contributed by atoms with Crippen molar-refractivity contribution in [3.63, 3.8) is 0 Å². The van der Waals surface area contributed by atoms with Gasteiger partial charge in [0.15, 0.2) is 0 Å². The van der Waals surface area contributed by atoms with E-state index in [0.717, 1.165) is 34.2 Å². The van der Waals surface area contributed by atoms with Gasteiger partial charge in [0, 0.05) is 49.2 Å². The highest BCUT2D eigenvalue weighted by Gasteiger charge is 2.26. The molecule has 0 aliphatic carbocycles. The summed E-state index contributed by atoms with van der Waals surface area (Å²) in [7, 11) is 0. The van der Waals surface area contributed by atoms with Crippen LogP contribution in [0.15, 0.2) is 42.5 Å². The third kappa shape index (κ3) is 5.00. The van der Waals surface area contributed by atoms with E-state index in [1.54, 1.807) is 21.9 Å². The van der Waals surface area contributed by atoms with Gasteiger partial charge in [-0.25, -0.2) is 9.78 Å². The van der Waals surface area contributed by atoms with Crippen molar-refractivity contribution in [3.05, 3.63) is 64.2 Å². The van der Waals surface area contributed by atoms with Crippen LogP contribution in [0.4, 0.5) is 4.79 Å². The van der Waals surface area contributed by atoms with E-state index in [1.165, 1.54) is 0 Å². The maximum absolute atomic E-state index is 13.2. The second-order valence-electron chi connectivity index (χ2n) is 8.46. The molecule has 1 aromatic heterocycles. The second-order valence-corrected chi connectivity index (χ2v) is 8.87. The number of fused-ring (bicyclic) bond motifs is 1.